The zero-order chi connectivity index (χ0) is 30.2. The Bertz CT molecular complexity index is 1410. The summed E-state index contributed by atoms with van der Waals surface area (Å²) in [5.74, 6) is 0.0780. The first kappa shape index (κ1) is 32.0. The molecule has 0 aliphatic carbocycles. The van der Waals surface area contributed by atoms with Gasteiger partial charge in [0.1, 0.15) is 18.3 Å². The highest BCUT2D eigenvalue weighted by Crippen LogP contribution is 2.26. The SMILES string of the molecule is CC[C@H](C(=O)NCC(C)C)N(Cc1ccc(OC)cc1)C(=O)CN(c1ccc(Cl)cc1)S(=O)(=O)c1ccc(C)cc1. The van der Waals surface area contributed by atoms with Gasteiger partial charge in [-0.1, -0.05) is 62.2 Å². The molecule has 0 unspecified atom stereocenters. The number of hydrogen-bond donors (Lipinski definition) is 1. The Morgan fingerprint density at radius 3 is 2.10 bits per heavy atom. The first-order valence-corrected chi connectivity index (χ1v) is 15.3. The first-order chi connectivity index (χ1) is 19.5. The summed E-state index contributed by atoms with van der Waals surface area (Å²) in [5, 5.41) is 3.36. The van der Waals surface area contributed by atoms with Crippen molar-refractivity contribution < 1.29 is 22.7 Å². The minimum atomic E-state index is -4.14. The van der Waals surface area contributed by atoms with Crippen molar-refractivity contribution in [3.8, 4) is 5.75 Å². The molecule has 0 bridgehead atoms. The van der Waals surface area contributed by atoms with Crippen molar-refractivity contribution in [2.75, 3.05) is 24.5 Å². The number of anilines is 1. The predicted molar refractivity (Wildman–Crippen MR) is 163 cm³/mol. The average Bonchev–Trinajstić information content (AvgIpc) is 2.95. The number of sulfonamides is 1. The van der Waals surface area contributed by atoms with Gasteiger partial charge in [-0.3, -0.25) is 13.9 Å². The van der Waals surface area contributed by atoms with E-state index in [-0.39, 0.29) is 29.0 Å². The van der Waals surface area contributed by atoms with Crippen molar-refractivity contribution in [3.05, 3.63) is 88.9 Å². The van der Waals surface area contributed by atoms with Crippen LogP contribution < -0.4 is 14.4 Å². The second-order valence-corrected chi connectivity index (χ2v) is 12.5. The van der Waals surface area contributed by atoms with Gasteiger partial charge in [0, 0.05) is 18.1 Å². The Hall–Kier alpha value is -3.56. The third-order valence-corrected chi connectivity index (χ3v) is 8.62. The number of aryl methyl sites for hydroxylation is 1. The van der Waals surface area contributed by atoms with Crippen LogP contribution in [0.2, 0.25) is 5.02 Å². The smallest absolute Gasteiger partial charge is 0.264 e. The number of ether oxygens (including phenoxy) is 1. The zero-order valence-corrected chi connectivity index (χ0v) is 25.7. The quantitative estimate of drug-likeness (QED) is 0.283. The lowest BCUT2D eigenvalue weighted by Gasteiger charge is -2.33. The van der Waals surface area contributed by atoms with E-state index in [4.69, 9.17) is 16.3 Å². The molecule has 8 nitrogen and oxygen atoms in total. The molecule has 0 saturated carbocycles. The van der Waals surface area contributed by atoms with Gasteiger partial charge < -0.3 is 15.0 Å². The number of nitrogens with zero attached hydrogens (tertiary/aromatic N) is 2. The number of amides is 2. The maximum absolute atomic E-state index is 14.1. The lowest BCUT2D eigenvalue weighted by Crippen LogP contribution is -2.52. The van der Waals surface area contributed by atoms with Gasteiger partial charge in [0.15, 0.2) is 0 Å². The van der Waals surface area contributed by atoms with Gasteiger partial charge in [0.05, 0.1) is 17.7 Å². The van der Waals surface area contributed by atoms with Gasteiger partial charge in [0.25, 0.3) is 10.0 Å². The van der Waals surface area contributed by atoms with E-state index in [1.54, 1.807) is 55.6 Å². The minimum absolute atomic E-state index is 0.0503. The zero-order valence-electron chi connectivity index (χ0n) is 24.1. The lowest BCUT2D eigenvalue weighted by molar-refractivity contribution is -0.140. The van der Waals surface area contributed by atoms with E-state index in [2.05, 4.69) is 5.32 Å². The summed E-state index contributed by atoms with van der Waals surface area (Å²) in [4.78, 5) is 28.9. The van der Waals surface area contributed by atoms with E-state index in [0.717, 1.165) is 15.4 Å². The number of methoxy groups -OCH3 is 1. The Balaban J connectivity index is 2.03. The number of benzene rings is 3. The van der Waals surface area contributed by atoms with Crippen molar-refractivity contribution in [1.29, 1.82) is 0 Å². The van der Waals surface area contributed by atoms with Crippen LogP contribution in [0.4, 0.5) is 5.69 Å². The fourth-order valence-corrected chi connectivity index (χ4v) is 5.78. The summed E-state index contributed by atoms with van der Waals surface area (Å²) >= 11 is 6.08. The van der Waals surface area contributed by atoms with Gasteiger partial charge in [-0.2, -0.15) is 0 Å². The Kier molecular flexibility index (Phi) is 11.2. The number of hydrogen-bond acceptors (Lipinski definition) is 5. The summed E-state index contributed by atoms with van der Waals surface area (Å²) in [7, 11) is -2.58. The fraction of sp³-hybridized carbons (Fsp3) is 0.355. The van der Waals surface area contributed by atoms with Gasteiger partial charge in [-0.25, -0.2) is 8.42 Å². The second-order valence-electron chi connectivity index (χ2n) is 10.2. The number of carbonyl (C=O) groups excluding carboxylic acids is 2. The predicted octanol–water partition coefficient (Wildman–Crippen LogP) is 5.43. The highest BCUT2D eigenvalue weighted by Gasteiger charge is 2.33. The third kappa shape index (κ3) is 8.47. The van der Waals surface area contributed by atoms with Gasteiger partial charge in [-0.15, -0.1) is 0 Å². The monoisotopic (exact) mass is 599 g/mol. The first-order valence-electron chi connectivity index (χ1n) is 13.5. The maximum atomic E-state index is 14.1. The second kappa shape index (κ2) is 14.4. The molecule has 220 valence electrons. The van der Waals surface area contributed by atoms with Crippen LogP contribution in [0.3, 0.4) is 0 Å². The minimum Gasteiger partial charge on any atom is -0.497 e. The normalized spacial score (nSPS) is 12.1. The number of halogens is 1. The van der Waals surface area contributed by atoms with Crippen LogP contribution >= 0.6 is 11.6 Å². The van der Waals surface area contributed by atoms with E-state index in [9.17, 15) is 18.0 Å². The highest BCUT2D eigenvalue weighted by atomic mass is 35.5. The number of nitrogens with one attached hydrogen (secondary N) is 1. The summed E-state index contributed by atoms with van der Waals surface area (Å²) in [6.45, 7) is 7.72. The Morgan fingerprint density at radius 1 is 0.951 bits per heavy atom. The molecule has 0 aliphatic heterocycles. The molecule has 0 spiro atoms. The summed E-state index contributed by atoms with van der Waals surface area (Å²) in [6.07, 6.45) is 0.345. The molecule has 0 aliphatic rings. The van der Waals surface area contributed by atoms with Gasteiger partial charge in [-0.05, 0) is 73.4 Å². The number of rotatable bonds is 13. The molecule has 0 heterocycles. The molecule has 0 saturated heterocycles. The molecule has 10 heteroatoms. The van der Waals surface area contributed by atoms with Crippen LogP contribution in [0.1, 0.15) is 38.3 Å². The van der Waals surface area contributed by atoms with Crippen LogP contribution in [-0.4, -0.2) is 51.4 Å². The molecule has 41 heavy (non-hydrogen) atoms. The van der Waals surface area contributed by atoms with E-state index in [0.29, 0.717) is 23.7 Å². The molecule has 3 aromatic carbocycles. The fourth-order valence-electron chi connectivity index (χ4n) is 4.24. The molecule has 1 N–H and O–H groups in total. The summed E-state index contributed by atoms with van der Waals surface area (Å²) in [6, 6.07) is 19.1. The van der Waals surface area contributed by atoms with Crippen molar-refractivity contribution >= 4 is 39.1 Å². The Morgan fingerprint density at radius 2 is 1.56 bits per heavy atom. The molecule has 3 rings (SSSR count). The molecular weight excluding hydrogens is 562 g/mol. The van der Waals surface area contributed by atoms with Crippen molar-refractivity contribution in [1.82, 2.24) is 10.2 Å². The number of carbonyl (C=O) groups is 2. The van der Waals surface area contributed by atoms with Crippen LogP contribution in [0.5, 0.6) is 5.75 Å². The standard InChI is InChI=1S/C31H38ClN3O5S/c1-6-29(31(37)33-19-22(2)3)34(20-24-9-15-27(40-5)16-10-24)30(36)21-35(26-13-11-25(32)12-14-26)41(38,39)28-17-7-23(4)8-18-28/h7-18,22,29H,6,19-21H2,1-5H3,(H,33,37)/t29-/m1/s1. The van der Waals surface area contributed by atoms with Gasteiger partial charge >= 0.3 is 0 Å². The van der Waals surface area contributed by atoms with Crippen molar-refractivity contribution in [2.45, 2.75) is 51.6 Å². The van der Waals surface area contributed by atoms with E-state index in [1.165, 1.54) is 17.0 Å². The maximum Gasteiger partial charge on any atom is 0.264 e. The van der Waals surface area contributed by atoms with Crippen molar-refractivity contribution in [3.63, 3.8) is 0 Å². The average molecular weight is 600 g/mol. The van der Waals surface area contributed by atoms with Crippen LogP contribution in [0.25, 0.3) is 0 Å². The highest BCUT2D eigenvalue weighted by molar-refractivity contribution is 7.92. The van der Waals surface area contributed by atoms with Crippen LogP contribution in [-0.2, 0) is 26.2 Å². The topological polar surface area (TPSA) is 96.0 Å². The largest absolute Gasteiger partial charge is 0.497 e. The molecule has 0 radical (unpaired) electrons. The molecular formula is C31H38ClN3O5S. The Labute approximate surface area is 248 Å². The van der Waals surface area contributed by atoms with Crippen LogP contribution in [0.15, 0.2) is 77.7 Å². The molecule has 1 atom stereocenters. The van der Waals surface area contributed by atoms with E-state index < -0.39 is 28.5 Å². The van der Waals surface area contributed by atoms with Crippen LogP contribution in [0, 0.1) is 12.8 Å². The van der Waals surface area contributed by atoms with E-state index >= 15 is 0 Å². The molecule has 0 fully saturated rings. The summed E-state index contributed by atoms with van der Waals surface area (Å²) < 4.78 is 34.1. The lowest BCUT2D eigenvalue weighted by atomic mass is 10.1. The van der Waals surface area contributed by atoms with Gasteiger partial charge in [0.2, 0.25) is 11.8 Å². The molecule has 0 aromatic heterocycles. The summed E-state index contributed by atoms with van der Waals surface area (Å²) in [5.41, 5.74) is 1.96. The molecule has 3 aromatic rings. The van der Waals surface area contributed by atoms with E-state index in [1.807, 2.05) is 39.8 Å². The van der Waals surface area contributed by atoms with Crippen molar-refractivity contribution in [2.24, 2.45) is 5.92 Å². The third-order valence-electron chi connectivity index (χ3n) is 6.58. The molecule has 2 amide bonds.